The van der Waals surface area contributed by atoms with Gasteiger partial charge in [0.1, 0.15) is 5.84 Å². The fourth-order valence-electron chi connectivity index (χ4n) is 1.51. The van der Waals surface area contributed by atoms with Crippen molar-refractivity contribution in [1.29, 1.82) is 5.41 Å². The molecule has 0 aromatic carbocycles. The van der Waals surface area contributed by atoms with Gasteiger partial charge in [0.15, 0.2) is 0 Å². The van der Waals surface area contributed by atoms with Crippen LogP contribution in [0.25, 0.3) is 0 Å². The molecule has 68 valence electrons. The summed E-state index contributed by atoms with van der Waals surface area (Å²) in [5, 5.41) is 10.0. The molecule has 1 saturated heterocycles. The lowest BCUT2D eigenvalue weighted by Gasteiger charge is -2.19. The van der Waals surface area contributed by atoms with E-state index in [-0.39, 0.29) is 12.1 Å². The molecule has 0 saturated carbocycles. The van der Waals surface area contributed by atoms with Crippen LogP contribution in [0.5, 0.6) is 0 Å². The van der Waals surface area contributed by atoms with Gasteiger partial charge in [0, 0.05) is 6.54 Å². The van der Waals surface area contributed by atoms with Crippen molar-refractivity contribution in [2.75, 3.05) is 6.54 Å². The Hall–Kier alpha value is -1.06. The molecule has 1 aliphatic heterocycles. The van der Waals surface area contributed by atoms with E-state index in [0.29, 0.717) is 12.4 Å². The Morgan fingerprint density at radius 1 is 1.58 bits per heavy atom. The summed E-state index contributed by atoms with van der Waals surface area (Å²) in [6, 6.07) is -0.131. The summed E-state index contributed by atoms with van der Waals surface area (Å²) in [5.74, 6) is 0.351. The van der Waals surface area contributed by atoms with Gasteiger partial charge in [-0.2, -0.15) is 0 Å². The molecule has 1 aliphatic rings. The smallest absolute Gasteiger partial charge is 0.315 e. The monoisotopic (exact) mass is 169 g/mol. The Balaban J connectivity index is 2.68. The van der Waals surface area contributed by atoms with Gasteiger partial charge in [-0.1, -0.05) is 13.3 Å². The largest absolute Gasteiger partial charge is 0.323 e. The van der Waals surface area contributed by atoms with Gasteiger partial charge in [0.05, 0.1) is 6.04 Å². The van der Waals surface area contributed by atoms with E-state index in [1.807, 2.05) is 6.92 Å². The van der Waals surface area contributed by atoms with E-state index >= 15 is 0 Å². The zero-order valence-corrected chi connectivity index (χ0v) is 7.55. The molecule has 4 nitrogen and oxygen atoms in total. The van der Waals surface area contributed by atoms with Crippen molar-refractivity contribution in [2.45, 2.75) is 32.7 Å². The lowest BCUT2D eigenvalue weighted by Crippen LogP contribution is -2.34. The van der Waals surface area contributed by atoms with Crippen molar-refractivity contribution in [3.63, 3.8) is 0 Å². The Morgan fingerprint density at radius 2 is 2.25 bits per heavy atom. The molecule has 2 N–H and O–H groups in total. The van der Waals surface area contributed by atoms with Gasteiger partial charge in [0.25, 0.3) is 0 Å². The number of carbonyl (C=O) groups excluding carboxylic acids is 1. The van der Waals surface area contributed by atoms with Crippen molar-refractivity contribution < 1.29 is 4.79 Å². The number of nitrogens with one attached hydrogen (secondary N) is 2. The third kappa shape index (κ3) is 1.42. The number of likely N-dealkylation sites (N-methyl/N-ethyl adjacent to an activating group) is 1. The van der Waals surface area contributed by atoms with Gasteiger partial charge in [-0.05, 0) is 13.3 Å². The summed E-state index contributed by atoms with van der Waals surface area (Å²) in [6.07, 6.45) is 1.88. The van der Waals surface area contributed by atoms with E-state index in [4.69, 9.17) is 5.41 Å². The molecule has 0 radical (unpaired) electrons. The molecule has 1 heterocycles. The highest BCUT2D eigenvalue weighted by atomic mass is 16.2. The molecular formula is C8H15N3O. The highest BCUT2D eigenvalue weighted by Gasteiger charge is 2.33. The van der Waals surface area contributed by atoms with Crippen LogP contribution in [0.1, 0.15) is 26.7 Å². The number of urea groups is 1. The molecule has 1 fully saturated rings. The maximum atomic E-state index is 11.2. The molecule has 1 atom stereocenters. The van der Waals surface area contributed by atoms with Gasteiger partial charge in [-0.25, -0.2) is 4.79 Å². The first-order valence-electron chi connectivity index (χ1n) is 4.36. The fourth-order valence-corrected chi connectivity index (χ4v) is 1.51. The molecule has 12 heavy (non-hydrogen) atoms. The van der Waals surface area contributed by atoms with Gasteiger partial charge in [-0.15, -0.1) is 0 Å². The first-order valence-corrected chi connectivity index (χ1v) is 4.36. The number of carbonyl (C=O) groups is 1. The maximum Gasteiger partial charge on any atom is 0.323 e. The van der Waals surface area contributed by atoms with Crippen molar-refractivity contribution >= 4 is 11.9 Å². The molecule has 0 bridgehead atoms. The van der Waals surface area contributed by atoms with E-state index in [9.17, 15) is 4.79 Å². The van der Waals surface area contributed by atoms with E-state index < -0.39 is 0 Å². The Morgan fingerprint density at radius 3 is 2.75 bits per heavy atom. The molecule has 0 aromatic heterocycles. The van der Waals surface area contributed by atoms with Crippen LogP contribution in [-0.4, -0.2) is 29.4 Å². The predicted molar refractivity (Wildman–Crippen MR) is 47.3 cm³/mol. The Bertz CT molecular complexity index is 202. The van der Waals surface area contributed by atoms with Gasteiger partial charge < -0.3 is 4.90 Å². The van der Waals surface area contributed by atoms with Crippen LogP contribution in [0.15, 0.2) is 0 Å². The second kappa shape index (κ2) is 3.56. The third-order valence-corrected chi connectivity index (χ3v) is 2.11. The highest BCUT2D eigenvalue weighted by molar-refractivity contribution is 6.05. The maximum absolute atomic E-state index is 11.2. The Labute approximate surface area is 72.4 Å². The number of amidine groups is 1. The van der Waals surface area contributed by atoms with E-state index in [1.54, 1.807) is 4.90 Å². The van der Waals surface area contributed by atoms with Crippen LogP contribution < -0.4 is 5.32 Å². The summed E-state index contributed by atoms with van der Waals surface area (Å²) in [6.45, 7) is 4.67. The fraction of sp³-hybridized carbons (Fsp3) is 0.750. The topological polar surface area (TPSA) is 56.2 Å². The first-order chi connectivity index (χ1) is 5.70. The van der Waals surface area contributed by atoms with Crippen LogP contribution in [0.2, 0.25) is 0 Å². The Kier molecular flexibility index (Phi) is 2.68. The summed E-state index contributed by atoms with van der Waals surface area (Å²) in [5.41, 5.74) is 0. The van der Waals surface area contributed by atoms with Gasteiger partial charge >= 0.3 is 6.03 Å². The quantitative estimate of drug-likeness (QED) is 0.654. The average molecular weight is 169 g/mol. The standard InChI is InChI=1S/C8H15N3O/c1-3-5-6-7(9)10-8(12)11(6)4-2/h6H,3-5H2,1-2H3,(H2,9,10,12). The second-order valence-corrected chi connectivity index (χ2v) is 2.93. The lowest BCUT2D eigenvalue weighted by molar-refractivity contribution is 0.206. The molecule has 1 unspecified atom stereocenters. The van der Waals surface area contributed by atoms with E-state index in [2.05, 4.69) is 12.2 Å². The number of amides is 2. The summed E-state index contributed by atoms with van der Waals surface area (Å²) < 4.78 is 0. The molecule has 4 heteroatoms. The number of hydrogen-bond donors (Lipinski definition) is 2. The molecule has 0 aromatic rings. The van der Waals surface area contributed by atoms with E-state index in [1.165, 1.54) is 0 Å². The highest BCUT2D eigenvalue weighted by Crippen LogP contribution is 2.13. The van der Waals surface area contributed by atoms with Crippen molar-refractivity contribution in [1.82, 2.24) is 10.2 Å². The number of rotatable bonds is 3. The normalized spacial score (nSPS) is 23.2. The number of nitrogens with zero attached hydrogens (tertiary/aromatic N) is 1. The van der Waals surface area contributed by atoms with Crippen LogP contribution in [0, 0.1) is 5.41 Å². The van der Waals surface area contributed by atoms with Gasteiger partial charge in [-0.3, -0.25) is 10.7 Å². The van der Waals surface area contributed by atoms with Crippen LogP contribution in [-0.2, 0) is 0 Å². The SMILES string of the molecule is CCCC1C(=N)NC(=O)N1CC. The van der Waals surface area contributed by atoms with Gasteiger partial charge in [0.2, 0.25) is 0 Å². The van der Waals surface area contributed by atoms with Crippen LogP contribution >= 0.6 is 0 Å². The molecular weight excluding hydrogens is 154 g/mol. The average Bonchev–Trinajstić information content (AvgIpc) is 2.28. The second-order valence-electron chi connectivity index (χ2n) is 2.93. The summed E-state index contributed by atoms with van der Waals surface area (Å²) in [7, 11) is 0. The van der Waals surface area contributed by atoms with Crippen LogP contribution in [0.3, 0.4) is 0 Å². The van der Waals surface area contributed by atoms with E-state index in [0.717, 1.165) is 12.8 Å². The minimum Gasteiger partial charge on any atom is -0.315 e. The summed E-state index contributed by atoms with van der Waals surface area (Å²) >= 11 is 0. The predicted octanol–water partition coefficient (Wildman–Crippen LogP) is 1.18. The summed E-state index contributed by atoms with van der Waals surface area (Å²) in [4.78, 5) is 12.9. The molecule has 2 amide bonds. The zero-order chi connectivity index (χ0) is 9.14. The van der Waals surface area contributed by atoms with Crippen molar-refractivity contribution in [3.8, 4) is 0 Å². The molecule has 0 spiro atoms. The first kappa shape index (κ1) is 9.03. The minimum atomic E-state index is -0.124. The molecule has 1 rings (SSSR count). The number of hydrogen-bond acceptors (Lipinski definition) is 2. The minimum absolute atomic E-state index is 0.00694. The van der Waals surface area contributed by atoms with Crippen molar-refractivity contribution in [3.05, 3.63) is 0 Å². The lowest BCUT2D eigenvalue weighted by atomic mass is 10.1. The third-order valence-electron chi connectivity index (χ3n) is 2.11. The van der Waals surface area contributed by atoms with Crippen molar-refractivity contribution in [2.24, 2.45) is 0 Å². The van der Waals surface area contributed by atoms with Crippen LogP contribution in [0.4, 0.5) is 4.79 Å². The zero-order valence-electron chi connectivity index (χ0n) is 7.55. The molecule has 0 aliphatic carbocycles.